The number of fused-ring (bicyclic) bond motifs is 3. The van der Waals surface area contributed by atoms with Crippen molar-refractivity contribution in [1.82, 2.24) is 9.97 Å². The molecule has 1 aromatic carbocycles. The van der Waals surface area contributed by atoms with Crippen LogP contribution in [0.4, 0.5) is 5.69 Å². The first kappa shape index (κ1) is 18.4. The first-order chi connectivity index (χ1) is 12.9. The van der Waals surface area contributed by atoms with Gasteiger partial charge in [-0.1, -0.05) is 30.0 Å². The van der Waals surface area contributed by atoms with E-state index in [0.717, 1.165) is 45.3 Å². The summed E-state index contributed by atoms with van der Waals surface area (Å²) in [5, 5.41) is 4.99. The standard InChI is InChI=1S/C21H23N3OS2/c1-11-7-5-8-12(2)18(11)24-19(25)13(3)26-20-17-15-9-6-10-16(15)27-21(17)23-14(4)22-20/h5,7-8,13H,6,9-10H2,1-4H3,(H,24,25)/t13-/m1/s1. The van der Waals surface area contributed by atoms with E-state index in [-0.39, 0.29) is 11.2 Å². The number of aryl methyl sites for hydroxylation is 5. The summed E-state index contributed by atoms with van der Waals surface area (Å²) in [6.45, 7) is 7.91. The maximum atomic E-state index is 12.8. The Bertz CT molecular complexity index is 1020. The molecule has 0 aliphatic heterocycles. The number of nitrogens with one attached hydrogen (secondary N) is 1. The minimum atomic E-state index is -0.238. The lowest BCUT2D eigenvalue weighted by Crippen LogP contribution is -2.23. The number of thiophene rings is 1. The number of anilines is 1. The number of rotatable bonds is 4. The maximum Gasteiger partial charge on any atom is 0.237 e. The van der Waals surface area contributed by atoms with E-state index in [1.807, 2.05) is 45.9 Å². The summed E-state index contributed by atoms with van der Waals surface area (Å²) in [7, 11) is 0. The Balaban J connectivity index is 1.61. The molecule has 0 fully saturated rings. The van der Waals surface area contributed by atoms with Gasteiger partial charge in [-0.25, -0.2) is 9.97 Å². The van der Waals surface area contributed by atoms with Crippen LogP contribution in [0.2, 0.25) is 0 Å². The van der Waals surface area contributed by atoms with Gasteiger partial charge in [0.2, 0.25) is 5.91 Å². The fraction of sp³-hybridized carbons (Fsp3) is 0.381. The summed E-state index contributed by atoms with van der Waals surface area (Å²) in [6, 6.07) is 6.05. The molecule has 6 heteroatoms. The number of thioether (sulfide) groups is 1. The van der Waals surface area contributed by atoms with Crippen LogP contribution in [0.25, 0.3) is 10.2 Å². The topological polar surface area (TPSA) is 54.9 Å². The third kappa shape index (κ3) is 3.48. The number of hydrogen-bond acceptors (Lipinski definition) is 5. The lowest BCUT2D eigenvalue weighted by molar-refractivity contribution is -0.115. The van der Waals surface area contributed by atoms with Gasteiger partial charge in [0.1, 0.15) is 15.7 Å². The van der Waals surface area contributed by atoms with Crippen molar-refractivity contribution in [3.05, 3.63) is 45.6 Å². The molecule has 0 bridgehead atoms. The number of amides is 1. The molecule has 1 amide bonds. The van der Waals surface area contributed by atoms with Crippen molar-refractivity contribution in [2.45, 2.75) is 57.2 Å². The SMILES string of the molecule is Cc1nc(S[C@H](C)C(=O)Nc2c(C)cccc2C)c2c3c(sc2n1)CCC3. The van der Waals surface area contributed by atoms with E-state index >= 15 is 0 Å². The van der Waals surface area contributed by atoms with Crippen molar-refractivity contribution in [3.8, 4) is 0 Å². The zero-order chi connectivity index (χ0) is 19.1. The molecule has 0 unspecified atom stereocenters. The molecule has 1 atom stereocenters. The van der Waals surface area contributed by atoms with Crippen LogP contribution < -0.4 is 5.32 Å². The molecule has 0 saturated heterocycles. The van der Waals surface area contributed by atoms with Crippen LogP contribution in [0.1, 0.15) is 40.7 Å². The molecule has 0 spiro atoms. The van der Waals surface area contributed by atoms with Gasteiger partial charge in [0, 0.05) is 16.0 Å². The van der Waals surface area contributed by atoms with E-state index in [2.05, 4.69) is 10.3 Å². The van der Waals surface area contributed by atoms with Crippen LogP contribution in [0.15, 0.2) is 23.2 Å². The highest BCUT2D eigenvalue weighted by Gasteiger charge is 2.24. The molecule has 140 valence electrons. The number of aromatic nitrogens is 2. The highest BCUT2D eigenvalue weighted by Crippen LogP contribution is 2.41. The lowest BCUT2D eigenvalue weighted by Gasteiger charge is -2.15. The minimum Gasteiger partial charge on any atom is -0.325 e. The third-order valence-electron chi connectivity index (χ3n) is 5.03. The van der Waals surface area contributed by atoms with Gasteiger partial charge in [0.25, 0.3) is 0 Å². The van der Waals surface area contributed by atoms with Crippen molar-refractivity contribution in [2.75, 3.05) is 5.32 Å². The molecule has 3 aromatic rings. The van der Waals surface area contributed by atoms with Crippen molar-refractivity contribution in [2.24, 2.45) is 0 Å². The first-order valence-corrected chi connectivity index (χ1v) is 11.0. The molecule has 1 aliphatic carbocycles. The largest absolute Gasteiger partial charge is 0.325 e. The molecule has 27 heavy (non-hydrogen) atoms. The third-order valence-corrected chi connectivity index (χ3v) is 7.30. The predicted molar refractivity (Wildman–Crippen MR) is 114 cm³/mol. The highest BCUT2D eigenvalue weighted by molar-refractivity contribution is 8.00. The number of carbonyl (C=O) groups is 1. The van der Waals surface area contributed by atoms with Gasteiger partial charge in [-0.05, 0) is 63.6 Å². The van der Waals surface area contributed by atoms with Crippen molar-refractivity contribution in [1.29, 1.82) is 0 Å². The van der Waals surface area contributed by atoms with E-state index in [4.69, 9.17) is 4.98 Å². The second-order valence-corrected chi connectivity index (χ2v) is 9.54. The summed E-state index contributed by atoms with van der Waals surface area (Å²) in [4.78, 5) is 24.7. The van der Waals surface area contributed by atoms with Gasteiger partial charge in [0.05, 0.1) is 5.25 Å². The lowest BCUT2D eigenvalue weighted by atomic mass is 10.1. The maximum absolute atomic E-state index is 12.8. The van der Waals surface area contributed by atoms with E-state index in [0.29, 0.717) is 0 Å². The molecule has 1 aliphatic rings. The Labute approximate surface area is 167 Å². The molecular weight excluding hydrogens is 374 g/mol. The Morgan fingerprint density at radius 3 is 2.67 bits per heavy atom. The van der Waals surface area contributed by atoms with Gasteiger partial charge in [0.15, 0.2) is 0 Å². The van der Waals surface area contributed by atoms with Gasteiger partial charge in [-0.3, -0.25) is 4.79 Å². The van der Waals surface area contributed by atoms with E-state index in [1.165, 1.54) is 22.2 Å². The molecule has 0 saturated carbocycles. The van der Waals surface area contributed by atoms with Crippen LogP contribution >= 0.6 is 23.1 Å². The molecule has 4 rings (SSSR count). The van der Waals surface area contributed by atoms with Crippen LogP contribution in [0, 0.1) is 20.8 Å². The van der Waals surface area contributed by atoms with E-state index < -0.39 is 0 Å². The summed E-state index contributed by atoms with van der Waals surface area (Å²) >= 11 is 3.33. The number of nitrogens with zero attached hydrogens (tertiary/aromatic N) is 2. The fourth-order valence-corrected chi connectivity index (χ4v) is 6.00. The summed E-state index contributed by atoms with van der Waals surface area (Å²) in [5.74, 6) is 0.779. The Kier molecular flexibility index (Phi) is 4.95. The van der Waals surface area contributed by atoms with Gasteiger partial charge in [-0.15, -0.1) is 11.3 Å². The molecule has 2 heterocycles. The van der Waals surface area contributed by atoms with Gasteiger partial charge < -0.3 is 5.32 Å². The fourth-order valence-electron chi connectivity index (χ4n) is 3.61. The van der Waals surface area contributed by atoms with Crippen LogP contribution in [0.5, 0.6) is 0 Å². The van der Waals surface area contributed by atoms with Crippen molar-refractivity contribution < 1.29 is 4.79 Å². The van der Waals surface area contributed by atoms with Crippen molar-refractivity contribution >= 4 is 44.9 Å². The number of hydrogen-bond donors (Lipinski definition) is 1. The summed E-state index contributed by atoms with van der Waals surface area (Å²) in [6.07, 6.45) is 3.44. The number of para-hydroxylation sites is 1. The number of benzene rings is 1. The average Bonchev–Trinajstić information content (AvgIpc) is 3.18. The second kappa shape index (κ2) is 7.24. The second-order valence-electron chi connectivity index (χ2n) is 7.13. The molecule has 2 aromatic heterocycles. The summed E-state index contributed by atoms with van der Waals surface area (Å²) in [5.41, 5.74) is 4.48. The number of carbonyl (C=O) groups excluding carboxylic acids is 1. The Morgan fingerprint density at radius 2 is 1.93 bits per heavy atom. The summed E-state index contributed by atoms with van der Waals surface area (Å²) < 4.78 is 0. The zero-order valence-electron chi connectivity index (χ0n) is 16.0. The molecule has 1 N–H and O–H groups in total. The Morgan fingerprint density at radius 1 is 1.19 bits per heavy atom. The normalized spacial score (nSPS) is 14.4. The van der Waals surface area contributed by atoms with Crippen LogP contribution in [0.3, 0.4) is 0 Å². The highest BCUT2D eigenvalue weighted by atomic mass is 32.2. The van der Waals surface area contributed by atoms with Crippen LogP contribution in [-0.2, 0) is 17.6 Å². The van der Waals surface area contributed by atoms with Crippen LogP contribution in [-0.4, -0.2) is 21.1 Å². The van der Waals surface area contributed by atoms with Gasteiger partial charge >= 0.3 is 0 Å². The predicted octanol–water partition coefficient (Wildman–Crippen LogP) is 5.22. The smallest absolute Gasteiger partial charge is 0.237 e. The van der Waals surface area contributed by atoms with E-state index in [9.17, 15) is 4.79 Å². The van der Waals surface area contributed by atoms with E-state index in [1.54, 1.807) is 23.1 Å². The molecule has 4 nitrogen and oxygen atoms in total. The molecular formula is C21H23N3OS2. The Hall–Kier alpha value is -1.92. The first-order valence-electron chi connectivity index (χ1n) is 9.26. The van der Waals surface area contributed by atoms with Gasteiger partial charge in [-0.2, -0.15) is 0 Å². The molecule has 0 radical (unpaired) electrons. The zero-order valence-corrected chi connectivity index (χ0v) is 17.7. The monoisotopic (exact) mass is 397 g/mol. The van der Waals surface area contributed by atoms with Crippen molar-refractivity contribution in [3.63, 3.8) is 0 Å². The quantitative estimate of drug-likeness (QED) is 0.484. The minimum absolute atomic E-state index is 0.00805. The average molecular weight is 398 g/mol.